The Balaban J connectivity index is 2.00. The Kier molecular flexibility index (Phi) is 8.68. The molecule has 2 rings (SSSR count). The Hall–Kier alpha value is -2.50. The molecule has 144 valence electrons. The molecule has 0 radical (unpaired) electrons. The third kappa shape index (κ3) is 7.33. The molecule has 0 bridgehead atoms. The highest BCUT2D eigenvalue weighted by Gasteiger charge is 2.29. The van der Waals surface area contributed by atoms with Crippen LogP contribution in [0.2, 0.25) is 0 Å². The Bertz CT molecular complexity index is 699. The van der Waals surface area contributed by atoms with Crippen molar-refractivity contribution in [3.63, 3.8) is 0 Å². The van der Waals surface area contributed by atoms with E-state index in [-0.39, 0.29) is 13.2 Å². The number of benzene rings is 2. The van der Waals surface area contributed by atoms with E-state index >= 15 is 0 Å². The minimum Gasteiger partial charge on any atom is -0.466 e. The van der Waals surface area contributed by atoms with E-state index < -0.39 is 30.4 Å². The Morgan fingerprint density at radius 3 is 2.15 bits per heavy atom. The van der Waals surface area contributed by atoms with Gasteiger partial charge in [0.1, 0.15) is 12.5 Å². The van der Waals surface area contributed by atoms with Gasteiger partial charge in [-0.2, -0.15) is 0 Å². The first kappa shape index (κ1) is 20.8. The number of carbonyl (C=O) groups excluding carboxylic acids is 2. The maximum Gasteiger partial charge on any atom is 0.313 e. The number of aliphatic hydroxyl groups excluding tert-OH is 1. The van der Waals surface area contributed by atoms with Gasteiger partial charge in [-0.05, 0) is 30.9 Å². The molecule has 5 heteroatoms. The molecule has 0 unspecified atom stereocenters. The topological polar surface area (TPSA) is 72.8 Å². The monoisotopic (exact) mass is 370 g/mol. The number of carbonyl (C=O) groups is 2. The molecule has 0 saturated carbocycles. The van der Waals surface area contributed by atoms with E-state index in [1.54, 1.807) is 6.92 Å². The molecule has 2 aromatic carbocycles. The first-order valence-corrected chi connectivity index (χ1v) is 9.16. The van der Waals surface area contributed by atoms with Crippen LogP contribution in [0.3, 0.4) is 0 Å². The van der Waals surface area contributed by atoms with E-state index in [0.29, 0.717) is 12.8 Å². The van der Waals surface area contributed by atoms with Gasteiger partial charge in [0.05, 0.1) is 19.3 Å². The highest BCUT2D eigenvalue weighted by Crippen LogP contribution is 2.14. The first-order chi connectivity index (χ1) is 13.1. The van der Waals surface area contributed by atoms with Crippen molar-refractivity contribution in [1.82, 2.24) is 0 Å². The molecule has 0 amide bonds. The maximum absolute atomic E-state index is 12.5. The van der Waals surface area contributed by atoms with Crippen LogP contribution in [0.15, 0.2) is 60.7 Å². The number of aliphatic hydroxyl groups is 1. The molecule has 0 aliphatic heterocycles. The second kappa shape index (κ2) is 11.3. The van der Waals surface area contributed by atoms with Crippen LogP contribution in [0.1, 0.15) is 30.9 Å². The summed E-state index contributed by atoms with van der Waals surface area (Å²) in [5.74, 6) is -1.07. The van der Waals surface area contributed by atoms with Gasteiger partial charge >= 0.3 is 5.97 Å². The Labute approximate surface area is 159 Å². The number of hydrogen-bond acceptors (Lipinski definition) is 5. The lowest BCUT2D eigenvalue weighted by Gasteiger charge is -2.22. The number of rotatable bonds is 11. The maximum atomic E-state index is 12.5. The number of ketones is 1. The van der Waals surface area contributed by atoms with Crippen molar-refractivity contribution < 1.29 is 24.2 Å². The van der Waals surface area contributed by atoms with Gasteiger partial charge in [0.25, 0.3) is 0 Å². The average molecular weight is 370 g/mol. The molecule has 0 aliphatic rings. The number of hydrogen-bond donors (Lipinski definition) is 1. The molecule has 5 nitrogen and oxygen atoms in total. The number of ether oxygens (including phenoxy) is 2. The summed E-state index contributed by atoms with van der Waals surface area (Å²) < 4.78 is 10.5. The lowest BCUT2D eigenvalue weighted by atomic mass is 9.99. The summed E-state index contributed by atoms with van der Waals surface area (Å²) >= 11 is 0. The van der Waals surface area contributed by atoms with Gasteiger partial charge in [-0.1, -0.05) is 60.7 Å². The van der Waals surface area contributed by atoms with Crippen LogP contribution >= 0.6 is 0 Å². The molecule has 0 aliphatic carbocycles. The zero-order chi connectivity index (χ0) is 19.5. The normalized spacial score (nSPS) is 13.0. The molecular weight excluding hydrogens is 344 g/mol. The number of esters is 1. The van der Waals surface area contributed by atoms with Crippen LogP contribution in [-0.2, 0) is 32.1 Å². The van der Waals surface area contributed by atoms with E-state index in [1.165, 1.54) is 0 Å². The van der Waals surface area contributed by atoms with Gasteiger partial charge < -0.3 is 14.6 Å². The minimum absolute atomic E-state index is 0.183. The fraction of sp³-hybridized carbons (Fsp3) is 0.364. The van der Waals surface area contributed by atoms with Crippen molar-refractivity contribution in [2.75, 3.05) is 6.61 Å². The zero-order valence-electron chi connectivity index (χ0n) is 15.5. The summed E-state index contributed by atoms with van der Waals surface area (Å²) in [5.41, 5.74) is 1.96. The summed E-state index contributed by atoms with van der Waals surface area (Å²) in [5, 5.41) is 10.6. The molecule has 0 fully saturated rings. The van der Waals surface area contributed by atoms with Gasteiger partial charge in [-0.3, -0.25) is 9.59 Å². The summed E-state index contributed by atoms with van der Waals surface area (Å²) in [6.45, 7) is 2.07. The van der Waals surface area contributed by atoms with E-state index in [4.69, 9.17) is 9.47 Å². The van der Waals surface area contributed by atoms with Gasteiger partial charge in [0.15, 0.2) is 5.78 Å². The second-order valence-corrected chi connectivity index (χ2v) is 6.26. The van der Waals surface area contributed by atoms with Crippen LogP contribution < -0.4 is 0 Å². The average Bonchev–Trinajstić information content (AvgIpc) is 2.68. The number of aryl methyl sites for hydroxylation is 1. The molecule has 0 heterocycles. The van der Waals surface area contributed by atoms with Crippen molar-refractivity contribution in [2.24, 2.45) is 0 Å². The van der Waals surface area contributed by atoms with Crippen LogP contribution in [0.5, 0.6) is 0 Å². The molecule has 0 spiro atoms. The van der Waals surface area contributed by atoms with E-state index in [0.717, 1.165) is 11.1 Å². The summed E-state index contributed by atoms with van der Waals surface area (Å²) in [6.07, 6.45) is -1.51. The fourth-order valence-electron chi connectivity index (χ4n) is 2.74. The minimum atomic E-state index is -1.07. The molecule has 2 atom stereocenters. The van der Waals surface area contributed by atoms with Crippen molar-refractivity contribution in [1.29, 1.82) is 0 Å². The molecule has 2 aromatic rings. The Morgan fingerprint density at radius 2 is 1.56 bits per heavy atom. The standard InChI is InChI=1S/C22H26O5/c1-2-26-21(25)15-20(24)22(27-16-18-11-7-4-8-12-18)19(23)14-13-17-9-5-3-6-10-17/h3-12,19,22-23H,2,13-16H2,1H3/t19-,22+/m1/s1. The summed E-state index contributed by atoms with van der Waals surface area (Å²) in [6, 6.07) is 19.1. The van der Waals surface area contributed by atoms with Gasteiger partial charge in [0.2, 0.25) is 0 Å². The lowest BCUT2D eigenvalue weighted by Crippen LogP contribution is -2.38. The SMILES string of the molecule is CCOC(=O)CC(=O)[C@@H](OCc1ccccc1)[C@H](O)CCc1ccccc1. The second-order valence-electron chi connectivity index (χ2n) is 6.26. The van der Waals surface area contributed by atoms with Crippen LogP contribution in [0.25, 0.3) is 0 Å². The van der Waals surface area contributed by atoms with Crippen molar-refractivity contribution >= 4 is 11.8 Å². The van der Waals surface area contributed by atoms with E-state index in [2.05, 4.69) is 0 Å². The van der Waals surface area contributed by atoms with Gasteiger partial charge in [-0.25, -0.2) is 0 Å². The number of Topliss-reactive ketones (excluding diaryl/α,β-unsaturated/α-hetero) is 1. The molecule has 0 saturated heterocycles. The van der Waals surface area contributed by atoms with Crippen LogP contribution in [-0.4, -0.2) is 35.7 Å². The highest BCUT2D eigenvalue weighted by atomic mass is 16.5. The molecule has 27 heavy (non-hydrogen) atoms. The van der Waals surface area contributed by atoms with E-state index in [9.17, 15) is 14.7 Å². The van der Waals surface area contributed by atoms with Gasteiger partial charge in [-0.15, -0.1) is 0 Å². The lowest BCUT2D eigenvalue weighted by molar-refractivity contribution is -0.151. The first-order valence-electron chi connectivity index (χ1n) is 9.16. The van der Waals surface area contributed by atoms with Crippen molar-refractivity contribution in [2.45, 2.75) is 45.0 Å². The predicted molar refractivity (Wildman–Crippen MR) is 102 cm³/mol. The van der Waals surface area contributed by atoms with Crippen molar-refractivity contribution in [3.05, 3.63) is 71.8 Å². The highest BCUT2D eigenvalue weighted by molar-refractivity contribution is 5.98. The summed E-state index contributed by atoms with van der Waals surface area (Å²) in [4.78, 5) is 24.2. The van der Waals surface area contributed by atoms with E-state index in [1.807, 2.05) is 60.7 Å². The zero-order valence-corrected chi connectivity index (χ0v) is 15.5. The van der Waals surface area contributed by atoms with Crippen molar-refractivity contribution in [3.8, 4) is 0 Å². The molecule has 0 aromatic heterocycles. The smallest absolute Gasteiger partial charge is 0.313 e. The summed E-state index contributed by atoms with van der Waals surface area (Å²) in [7, 11) is 0. The Morgan fingerprint density at radius 1 is 0.963 bits per heavy atom. The van der Waals surface area contributed by atoms with Crippen LogP contribution in [0.4, 0.5) is 0 Å². The largest absolute Gasteiger partial charge is 0.466 e. The molecule has 1 N–H and O–H groups in total. The fourth-order valence-corrected chi connectivity index (χ4v) is 2.74. The van der Waals surface area contributed by atoms with Gasteiger partial charge in [0, 0.05) is 0 Å². The molecular formula is C22H26O5. The quantitative estimate of drug-likeness (QED) is 0.486. The third-order valence-corrected chi connectivity index (χ3v) is 4.13. The third-order valence-electron chi connectivity index (χ3n) is 4.13. The predicted octanol–water partition coefficient (Wildman–Crippen LogP) is 3.09. The van der Waals surface area contributed by atoms with Crippen LogP contribution in [0, 0.1) is 0 Å².